The van der Waals surface area contributed by atoms with Crippen molar-refractivity contribution < 1.29 is 28.2 Å². The van der Waals surface area contributed by atoms with Crippen LogP contribution in [-0.2, 0) is 11.3 Å². The smallest absolute Gasteiger partial charge is 0.335 e. The number of H-pyrrole nitrogens is 1. The second-order valence-electron chi connectivity index (χ2n) is 8.71. The molecule has 4 rings (SSSR count). The molecule has 0 bridgehead atoms. The lowest BCUT2D eigenvalue weighted by Crippen LogP contribution is -2.50. The Balaban J connectivity index is 1.79. The van der Waals surface area contributed by atoms with E-state index >= 15 is 0 Å². The predicted octanol–water partition coefficient (Wildman–Crippen LogP) is 5.56. The molecule has 3 aromatic rings. The summed E-state index contributed by atoms with van der Waals surface area (Å²) in [5, 5.41) is 10.2. The first-order valence-electron chi connectivity index (χ1n) is 11.5. The third-order valence-corrected chi connectivity index (χ3v) is 6.72. The van der Waals surface area contributed by atoms with Gasteiger partial charge in [-0.2, -0.15) is 0 Å². The molecular formula is C26H30F2N2O4. The molecule has 3 atom stereocenters. The van der Waals surface area contributed by atoms with Crippen molar-refractivity contribution in [3.8, 4) is 5.75 Å². The topological polar surface area (TPSA) is 74.8 Å². The van der Waals surface area contributed by atoms with E-state index in [2.05, 4.69) is 4.98 Å². The highest BCUT2D eigenvalue weighted by Crippen LogP contribution is 2.41. The number of aryl methyl sites for hydroxylation is 1. The molecule has 0 saturated carbocycles. The summed E-state index contributed by atoms with van der Waals surface area (Å²) in [4.78, 5) is 16.4. The number of carbonyl (C=O) groups is 1. The van der Waals surface area contributed by atoms with Gasteiger partial charge in [-0.15, -0.1) is 0 Å². The van der Waals surface area contributed by atoms with Gasteiger partial charge >= 0.3 is 5.97 Å². The van der Waals surface area contributed by atoms with Crippen molar-refractivity contribution in [2.75, 3.05) is 13.7 Å². The molecule has 0 radical (unpaired) electrons. The molecule has 0 aliphatic carbocycles. The first kappa shape index (κ1) is 24.2. The second-order valence-corrected chi connectivity index (χ2v) is 8.71. The maximum atomic E-state index is 14.4. The molecule has 8 heteroatoms. The van der Waals surface area contributed by atoms with E-state index in [4.69, 9.17) is 9.47 Å². The number of hydrogen-bond acceptors (Lipinski definition) is 4. The number of nitrogens with zero attached hydrogens (tertiary/aromatic N) is 1. The number of benzene rings is 2. The summed E-state index contributed by atoms with van der Waals surface area (Å²) >= 11 is 0. The Labute approximate surface area is 197 Å². The Hall–Kier alpha value is -2.97. The fourth-order valence-corrected chi connectivity index (χ4v) is 5.10. The summed E-state index contributed by atoms with van der Waals surface area (Å²) in [6.07, 6.45) is -0.277. The molecule has 1 aromatic heterocycles. The lowest BCUT2D eigenvalue weighted by atomic mass is 9.87. The Morgan fingerprint density at radius 1 is 1.24 bits per heavy atom. The van der Waals surface area contributed by atoms with E-state index in [9.17, 15) is 18.7 Å². The van der Waals surface area contributed by atoms with Gasteiger partial charge in [0.05, 0.1) is 24.8 Å². The molecule has 34 heavy (non-hydrogen) atoms. The standard InChI is InChI=1S/C26H30F2N2O4/c1-4-34-18-12-21(16-5-7-17(8-6-16)26(31)32)30(22(13-18)25(27)28)14-20-19-9-10-29-24(19)15(2)11-23(20)33-3/h5-11,18,21-22,25,29H,4,12-14H2,1-3H3,(H,31,32)/t18-,21+,22+/m1/s1. The van der Waals surface area contributed by atoms with Crippen molar-refractivity contribution in [3.63, 3.8) is 0 Å². The van der Waals surface area contributed by atoms with Crippen LogP contribution in [0.4, 0.5) is 8.78 Å². The van der Waals surface area contributed by atoms with E-state index in [1.165, 1.54) is 12.1 Å². The third-order valence-electron chi connectivity index (χ3n) is 6.72. The highest BCUT2D eigenvalue weighted by Gasteiger charge is 2.41. The molecular weight excluding hydrogens is 442 g/mol. The molecule has 0 amide bonds. The number of ether oxygens (including phenoxy) is 2. The molecule has 1 aliphatic heterocycles. The van der Waals surface area contributed by atoms with Crippen molar-refractivity contribution in [3.05, 3.63) is 64.8 Å². The summed E-state index contributed by atoms with van der Waals surface area (Å²) in [5.74, 6) is -0.367. The van der Waals surface area contributed by atoms with E-state index in [0.29, 0.717) is 18.8 Å². The highest BCUT2D eigenvalue weighted by atomic mass is 19.3. The molecule has 0 spiro atoms. The normalized spacial score (nSPS) is 21.3. The molecule has 2 N–H and O–H groups in total. The second kappa shape index (κ2) is 10.1. The van der Waals surface area contributed by atoms with E-state index in [1.54, 1.807) is 19.2 Å². The molecule has 1 saturated heterocycles. The van der Waals surface area contributed by atoms with Crippen molar-refractivity contribution >= 4 is 16.9 Å². The number of carboxylic acids is 1. The zero-order valence-electron chi connectivity index (χ0n) is 19.6. The molecule has 0 unspecified atom stereocenters. The summed E-state index contributed by atoms with van der Waals surface area (Å²) in [6, 6.07) is 8.97. The van der Waals surface area contributed by atoms with E-state index in [-0.39, 0.29) is 30.7 Å². The van der Waals surface area contributed by atoms with Gasteiger partial charge in [0, 0.05) is 41.9 Å². The van der Waals surface area contributed by atoms with Crippen LogP contribution in [0.25, 0.3) is 10.9 Å². The van der Waals surface area contributed by atoms with Crippen LogP contribution in [0.3, 0.4) is 0 Å². The van der Waals surface area contributed by atoms with Gasteiger partial charge in [0.2, 0.25) is 0 Å². The van der Waals surface area contributed by atoms with Gasteiger partial charge in [-0.1, -0.05) is 12.1 Å². The Kier molecular flexibility index (Phi) is 7.19. The monoisotopic (exact) mass is 472 g/mol. The Morgan fingerprint density at radius 2 is 1.97 bits per heavy atom. The number of aromatic amines is 1. The number of likely N-dealkylation sites (tertiary alicyclic amines) is 1. The minimum Gasteiger partial charge on any atom is -0.496 e. The lowest BCUT2D eigenvalue weighted by Gasteiger charge is -2.45. The Morgan fingerprint density at radius 3 is 2.59 bits per heavy atom. The lowest BCUT2D eigenvalue weighted by molar-refractivity contribution is -0.0881. The predicted molar refractivity (Wildman–Crippen MR) is 126 cm³/mol. The maximum Gasteiger partial charge on any atom is 0.335 e. The zero-order chi connectivity index (χ0) is 24.4. The SMILES string of the molecule is CCO[C@@H]1C[C@@H](c2ccc(C(=O)O)cc2)N(Cc2c(OC)cc(C)c3[nH]ccc23)[C@H](C(F)F)C1. The zero-order valence-corrected chi connectivity index (χ0v) is 19.6. The average Bonchev–Trinajstić information content (AvgIpc) is 3.32. The summed E-state index contributed by atoms with van der Waals surface area (Å²) < 4.78 is 40.3. The van der Waals surface area contributed by atoms with Crippen molar-refractivity contribution in [2.24, 2.45) is 0 Å². The number of halogens is 2. The van der Waals surface area contributed by atoms with E-state index in [0.717, 1.165) is 27.6 Å². The molecule has 6 nitrogen and oxygen atoms in total. The largest absolute Gasteiger partial charge is 0.496 e. The van der Waals surface area contributed by atoms with Crippen LogP contribution in [0.1, 0.15) is 52.9 Å². The number of rotatable bonds is 8. The quantitative estimate of drug-likeness (QED) is 0.449. The van der Waals surface area contributed by atoms with Crippen LogP contribution in [0.15, 0.2) is 42.6 Å². The number of hydrogen-bond donors (Lipinski definition) is 2. The minimum atomic E-state index is -2.57. The minimum absolute atomic E-state index is 0.159. The van der Waals surface area contributed by atoms with Crippen LogP contribution in [0.5, 0.6) is 5.75 Å². The van der Waals surface area contributed by atoms with Gasteiger partial charge < -0.3 is 19.6 Å². The van der Waals surface area contributed by atoms with Gasteiger partial charge in [-0.25, -0.2) is 13.6 Å². The molecule has 2 aromatic carbocycles. The number of nitrogens with one attached hydrogen (secondary N) is 1. The first-order chi connectivity index (χ1) is 16.3. The molecule has 182 valence electrons. The number of aromatic carboxylic acids is 1. The van der Waals surface area contributed by atoms with Crippen molar-refractivity contribution in [1.82, 2.24) is 9.88 Å². The van der Waals surface area contributed by atoms with E-state index < -0.39 is 18.4 Å². The number of methoxy groups -OCH3 is 1. The van der Waals surface area contributed by atoms with Crippen LogP contribution in [0, 0.1) is 6.92 Å². The molecule has 1 aliphatic rings. The molecule has 1 fully saturated rings. The van der Waals surface area contributed by atoms with Crippen LogP contribution in [-0.4, -0.2) is 53.2 Å². The van der Waals surface area contributed by atoms with E-state index in [1.807, 2.05) is 37.1 Å². The van der Waals surface area contributed by atoms with Gasteiger partial charge in [0.15, 0.2) is 0 Å². The third kappa shape index (κ3) is 4.65. The Bertz CT molecular complexity index is 1150. The first-order valence-corrected chi connectivity index (χ1v) is 11.5. The number of fused-ring (bicyclic) bond motifs is 1. The number of piperidine rings is 1. The maximum absolute atomic E-state index is 14.4. The van der Waals surface area contributed by atoms with Crippen molar-refractivity contribution in [2.45, 2.75) is 57.8 Å². The summed E-state index contributed by atoms with van der Waals surface area (Å²) in [5.41, 5.74) is 3.76. The van der Waals surface area contributed by atoms with Gasteiger partial charge in [-0.05, 0) is 62.1 Å². The summed E-state index contributed by atoms with van der Waals surface area (Å²) in [6.45, 7) is 4.55. The van der Waals surface area contributed by atoms with Gasteiger partial charge in [0.25, 0.3) is 6.43 Å². The van der Waals surface area contributed by atoms with Crippen LogP contribution in [0.2, 0.25) is 0 Å². The highest BCUT2D eigenvalue weighted by molar-refractivity contribution is 5.88. The van der Waals surface area contributed by atoms with Crippen LogP contribution < -0.4 is 4.74 Å². The van der Waals surface area contributed by atoms with Gasteiger partial charge in [-0.3, -0.25) is 4.90 Å². The fourth-order valence-electron chi connectivity index (χ4n) is 5.10. The fraction of sp³-hybridized carbons (Fsp3) is 0.423. The number of aromatic nitrogens is 1. The van der Waals surface area contributed by atoms with Crippen LogP contribution >= 0.6 is 0 Å². The van der Waals surface area contributed by atoms with Gasteiger partial charge in [0.1, 0.15) is 5.75 Å². The average molecular weight is 473 g/mol. The molecule has 2 heterocycles. The van der Waals surface area contributed by atoms with Crippen molar-refractivity contribution in [1.29, 1.82) is 0 Å². The summed E-state index contributed by atoms with van der Waals surface area (Å²) in [7, 11) is 1.59. The number of alkyl halides is 2. The number of carboxylic acid groups (broad SMARTS) is 1.